The highest BCUT2D eigenvalue weighted by molar-refractivity contribution is 5.84. The number of amides is 2. The maximum Gasteiger partial charge on any atom is 0.241 e. The molecular formula is C14H24N2O4. The standard InChI is InChI=1S/C14H24N2O4/c1-2-3-4-12(17)15-11-13(18)16-7-5-14(6-8-16)19-9-10-20-14/h2-11H2,1H3,(H,15,17). The lowest BCUT2D eigenvalue weighted by molar-refractivity contribution is -0.187. The van der Waals surface area contributed by atoms with Crippen LogP contribution < -0.4 is 5.32 Å². The minimum atomic E-state index is -0.457. The average Bonchev–Trinajstić information content (AvgIpc) is 2.91. The van der Waals surface area contributed by atoms with Gasteiger partial charge in [-0.25, -0.2) is 0 Å². The smallest absolute Gasteiger partial charge is 0.241 e. The second kappa shape index (κ2) is 7.04. The first-order valence-electron chi connectivity index (χ1n) is 7.47. The van der Waals surface area contributed by atoms with E-state index in [1.54, 1.807) is 4.90 Å². The SMILES string of the molecule is CCCCC(=O)NCC(=O)N1CCC2(CC1)OCCO2. The highest BCUT2D eigenvalue weighted by atomic mass is 16.7. The van der Waals surface area contributed by atoms with Gasteiger partial charge in [-0.2, -0.15) is 0 Å². The van der Waals surface area contributed by atoms with Crippen molar-refractivity contribution in [1.29, 1.82) is 0 Å². The van der Waals surface area contributed by atoms with E-state index in [9.17, 15) is 9.59 Å². The van der Waals surface area contributed by atoms with Crippen LogP contribution in [0.3, 0.4) is 0 Å². The van der Waals surface area contributed by atoms with Crippen LogP contribution in [0.1, 0.15) is 39.0 Å². The van der Waals surface area contributed by atoms with Crippen LogP contribution in [0.4, 0.5) is 0 Å². The summed E-state index contributed by atoms with van der Waals surface area (Å²) < 4.78 is 11.2. The zero-order chi connectivity index (χ0) is 14.4. The van der Waals surface area contributed by atoms with Crippen molar-refractivity contribution in [2.75, 3.05) is 32.8 Å². The van der Waals surface area contributed by atoms with E-state index in [4.69, 9.17) is 9.47 Å². The van der Waals surface area contributed by atoms with Gasteiger partial charge in [0, 0.05) is 32.4 Å². The van der Waals surface area contributed by atoms with E-state index in [0.29, 0.717) is 45.6 Å². The number of nitrogens with zero attached hydrogens (tertiary/aromatic N) is 1. The molecular weight excluding hydrogens is 260 g/mol. The molecule has 6 nitrogen and oxygen atoms in total. The number of likely N-dealkylation sites (tertiary alicyclic amines) is 1. The number of carbonyl (C=O) groups is 2. The van der Waals surface area contributed by atoms with Crippen LogP contribution in [0.15, 0.2) is 0 Å². The third-order valence-electron chi connectivity index (χ3n) is 3.89. The molecule has 20 heavy (non-hydrogen) atoms. The molecule has 2 amide bonds. The Hall–Kier alpha value is -1.14. The Morgan fingerprint density at radius 2 is 1.85 bits per heavy atom. The fourth-order valence-corrected chi connectivity index (χ4v) is 2.59. The van der Waals surface area contributed by atoms with Crippen LogP contribution in [-0.2, 0) is 19.1 Å². The summed E-state index contributed by atoms with van der Waals surface area (Å²) in [7, 11) is 0. The fourth-order valence-electron chi connectivity index (χ4n) is 2.59. The first kappa shape index (κ1) is 15.3. The molecule has 0 aromatic rings. The van der Waals surface area contributed by atoms with Gasteiger partial charge in [-0.15, -0.1) is 0 Å². The van der Waals surface area contributed by atoms with Crippen molar-refractivity contribution in [3.8, 4) is 0 Å². The summed E-state index contributed by atoms with van der Waals surface area (Å²) in [4.78, 5) is 25.3. The van der Waals surface area contributed by atoms with Crippen molar-refractivity contribution >= 4 is 11.8 Å². The number of ether oxygens (including phenoxy) is 2. The van der Waals surface area contributed by atoms with Gasteiger partial charge in [-0.05, 0) is 6.42 Å². The van der Waals surface area contributed by atoms with Gasteiger partial charge in [-0.1, -0.05) is 13.3 Å². The van der Waals surface area contributed by atoms with E-state index in [0.717, 1.165) is 12.8 Å². The molecule has 0 aromatic carbocycles. The second-order valence-electron chi connectivity index (χ2n) is 5.37. The van der Waals surface area contributed by atoms with Gasteiger partial charge in [0.15, 0.2) is 5.79 Å². The maximum atomic E-state index is 12.0. The van der Waals surface area contributed by atoms with E-state index in [1.165, 1.54) is 0 Å². The normalized spacial score (nSPS) is 21.1. The van der Waals surface area contributed by atoms with Gasteiger partial charge < -0.3 is 19.7 Å². The summed E-state index contributed by atoms with van der Waals surface area (Å²) in [5.41, 5.74) is 0. The molecule has 2 fully saturated rings. The van der Waals surface area contributed by atoms with E-state index in [2.05, 4.69) is 5.32 Å². The minimum Gasteiger partial charge on any atom is -0.347 e. The molecule has 2 aliphatic rings. The Balaban J connectivity index is 1.68. The third-order valence-corrected chi connectivity index (χ3v) is 3.89. The van der Waals surface area contributed by atoms with Gasteiger partial charge in [0.1, 0.15) is 0 Å². The van der Waals surface area contributed by atoms with Gasteiger partial charge in [0.2, 0.25) is 11.8 Å². The van der Waals surface area contributed by atoms with E-state index in [-0.39, 0.29) is 18.4 Å². The van der Waals surface area contributed by atoms with Crippen molar-refractivity contribution in [3.05, 3.63) is 0 Å². The molecule has 114 valence electrons. The second-order valence-corrected chi connectivity index (χ2v) is 5.37. The molecule has 2 rings (SSSR count). The minimum absolute atomic E-state index is 0.0253. The Labute approximate surface area is 119 Å². The molecule has 2 heterocycles. The molecule has 6 heteroatoms. The monoisotopic (exact) mass is 284 g/mol. The summed E-state index contributed by atoms with van der Waals surface area (Å²) in [6, 6.07) is 0. The highest BCUT2D eigenvalue weighted by Gasteiger charge is 2.40. The number of hydrogen-bond donors (Lipinski definition) is 1. The maximum absolute atomic E-state index is 12.0. The molecule has 2 saturated heterocycles. The van der Waals surface area contributed by atoms with Crippen LogP contribution in [-0.4, -0.2) is 55.3 Å². The number of rotatable bonds is 5. The van der Waals surface area contributed by atoms with E-state index in [1.807, 2.05) is 6.92 Å². The van der Waals surface area contributed by atoms with Crippen LogP contribution in [0, 0.1) is 0 Å². The topological polar surface area (TPSA) is 67.9 Å². The zero-order valence-corrected chi connectivity index (χ0v) is 12.2. The van der Waals surface area contributed by atoms with Gasteiger partial charge in [-0.3, -0.25) is 9.59 Å². The predicted molar refractivity (Wildman–Crippen MR) is 73.0 cm³/mol. The average molecular weight is 284 g/mol. The van der Waals surface area contributed by atoms with Crippen LogP contribution in [0.25, 0.3) is 0 Å². The molecule has 1 N–H and O–H groups in total. The molecule has 1 spiro atoms. The highest BCUT2D eigenvalue weighted by Crippen LogP contribution is 2.31. The Kier molecular flexibility index (Phi) is 5.37. The van der Waals surface area contributed by atoms with Gasteiger partial charge >= 0.3 is 0 Å². The third kappa shape index (κ3) is 3.93. The number of unbranched alkanes of at least 4 members (excludes halogenated alkanes) is 1. The largest absolute Gasteiger partial charge is 0.347 e. The summed E-state index contributed by atoms with van der Waals surface area (Å²) in [5, 5.41) is 2.68. The lowest BCUT2D eigenvalue weighted by Crippen LogP contribution is -2.49. The van der Waals surface area contributed by atoms with E-state index >= 15 is 0 Å². The first-order valence-corrected chi connectivity index (χ1v) is 7.47. The molecule has 0 saturated carbocycles. The quantitative estimate of drug-likeness (QED) is 0.805. The van der Waals surface area contributed by atoms with Crippen molar-refractivity contribution in [1.82, 2.24) is 10.2 Å². The Bertz CT molecular complexity index is 343. The lowest BCUT2D eigenvalue weighted by atomic mass is 10.0. The lowest BCUT2D eigenvalue weighted by Gasteiger charge is -2.37. The number of carbonyl (C=O) groups excluding carboxylic acids is 2. The van der Waals surface area contributed by atoms with Crippen molar-refractivity contribution < 1.29 is 19.1 Å². The summed E-state index contributed by atoms with van der Waals surface area (Å²) in [5.74, 6) is -0.528. The van der Waals surface area contributed by atoms with Crippen LogP contribution >= 0.6 is 0 Å². The van der Waals surface area contributed by atoms with E-state index < -0.39 is 5.79 Å². The summed E-state index contributed by atoms with van der Waals surface area (Å²) >= 11 is 0. The molecule has 2 aliphatic heterocycles. The fraction of sp³-hybridized carbons (Fsp3) is 0.857. The number of nitrogens with one attached hydrogen (secondary N) is 1. The van der Waals surface area contributed by atoms with Crippen LogP contribution in [0.2, 0.25) is 0 Å². The number of hydrogen-bond acceptors (Lipinski definition) is 4. The molecule has 0 unspecified atom stereocenters. The molecule has 0 radical (unpaired) electrons. The first-order chi connectivity index (χ1) is 9.65. The summed E-state index contributed by atoms with van der Waals surface area (Å²) in [6.45, 7) is 4.67. The molecule has 0 aliphatic carbocycles. The Morgan fingerprint density at radius 3 is 2.45 bits per heavy atom. The summed E-state index contributed by atoms with van der Waals surface area (Å²) in [6.07, 6.45) is 3.76. The molecule has 0 aromatic heterocycles. The predicted octanol–water partition coefficient (Wildman–Crippen LogP) is 0.658. The molecule has 0 bridgehead atoms. The van der Waals surface area contributed by atoms with Crippen LogP contribution in [0.5, 0.6) is 0 Å². The van der Waals surface area contributed by atoms with Crippen molar-refractivity contribution in [2.45, 2.75) is 44.8 Å². The van der Waals surface area contributed by atoms with Crippen molar-refractivity contribution in [2.24, 2.45) is 0 Å². The molecule has 0 atom stereocenters. The zero-order valence-electron chi connectivity index (χ0n) is 12.2. The number of piperidine rings is 1. The Morgan fingerprint density at radius 1 is 1.20 bits per heavy atom. The van der Waals surface area contributed by atoms with Crippen molar-refractivity contribution in [3.63, 3.8) is 0 Å². The van der Waals surface area contributed by atoms with Gasteiger partial charge in [0.25, 0.3) is 0 Å². The van der Waals surface area contributed by atoms with Gasteiger partial charge in [0.05, 0.1) is 19.8 Å².